The van der Waals surface area contributed by atoms with Gasteiger partial charge in [-0.1, -0.05) is 78.3 Å². The Morgan fingerprint density at radius 1 is 0.507 bits per heavy atom. The number of carbonyl (C=O) groups is 13. The third kappa shape index (κ3) is 26.2. The number of aliphatic carboxylic acids is 3. The van der Waals surface area contributed by atoms with E-state index >= 15 is 0 Å². The van der Waals surface area contributed by atoms with Crippen molar-refractivity contribution in [2.24, 2.45) is 35.0 Å². The molecule has 0 aliphatic heterocycles. The van der Waals surface area contributed by atoms with Gasteiger partial charge in [0.05, 0.1) is 19.0 Å². The average Bonchev–Trinajstić information content (AvgIpc) is 3.32. The summed E-state index contributed by atoms with van der Waals surface area (Å²) >= 11 is 0. The molecule has 1 aromatic rings. The molecule has 27 nitrogen and oxygen atoms in total. The number of hydrogen-bond donors (Lipinski definition) is 14. The number of rotatable bonds is 36. The maximum atomic E-state index is 14.3. The lowest BCUT2D eigenvalue weighted by Crippen LogP contribution is -2.61. The molecule has 1 aromatic carbocycles. The first-order valence-corrected chi connectivity index (χ1v) is 24.5. The van der Waals surface area contributed by atoms with Gasteiger partial charge in [0.1, 0.15) is 42.3 Å². The second-order valence-electron chi connectivity index (χ2n) is 18.9. The summed E-state index contributed by atoms with van der Waals surface area (Å²) in [4.78, 5) is 167. The molecule has 0 heterocycles. The van der Waals surface area contributed by atoms with Crippen molar-refractivity contribution in [3.63, 3.8) is 0 Å². The van der Waals surface area contributed by atoms with Crippen molar-refractivity contribution in [3.05, 3.63) is 35.9 Å². The van der Waals surface area contributed by atoms with Crippen LogP contribution in [0.1, 0.15) is 111 Å². The van der Waals surface area contributed by atoms with Gasteiger partial charge in [-0.15, -0.1) is 0 Å². The van der Waals surface area contributed by atoms with Crippen LogP contribution in [0.25, 0.3) is 0 Å². The summed E-state index contributed by atoms with van der Waals surface area (Å²) in [6.45, 7) is 9.40. The lowest BCUT2D eigenvalue weighted by atomic mass is 9.96. The molecule has 75 heavy (non-hydrogen) atoms. The van der Waals surface area contributed by atoms with Crippen LogP contribution in [0.4, 0.5) is 0 Å². The zero-order valence-electron chi connectivity index (χ0n) is 43.1. The molecule has 17 N–H and O–H groups in total. The molecule has 0 saturated carbocycles. The number of nitrogens with one attached hydrogen (secondary N) is 8. The predicted molar refractivity (Wildman–Crippen MR) is 267 cm³/mol. The Morgan fingerprint density at radius 2 is 0.973 bits per heavy atom. The van der Waals surface area contributed by atoms with E-state index in [0.29, 0.717) is 5.56 Å². The van der Waals surface area contributed by atoms with Crippen molar-refractivity contribution < 1.29 is 77.6 Å². The smallest absolute Gasteiger partial charge is 0.326 e. The molecule has 418 valence electrons. The number of amides is 10. The first-order valence-electron chi connectivity index (χ1n) is 24.5. The molecule has 27 heteroatoms. The average molecular weight is 1060 g/mol. The van der Waals surface area contributed by atoms with Crippen LogP contribution in [0.15, 0.2) is 30.3 Å². The fourth-order valence-corrected chi connectivity index (χ4v) is 7.21. The quantitative estimate of drug-likeness (QED) is 0.0322. The fourth-order valence-electron chi connectivity index (χ4n) is 7.21. The van der Waals surface area contributed by atoms with E-state index in [1.807, 2.05) is 0 Å². The van der Waals surface area contributed by atoms with Gasteiger partial charge < -0.3 is 75.1 Å². The third-order valence-corrected chi connectivity index (χ3v) is 11.5. The summed E-state index contributed by atoms with van der Waals surface area (Å²) in [6.07, 6.45) is -3.38. The van der Waals surface area contributed by atoms with Gasteiger partial charge in [0.25, 0.3) is 0 Å². The monoisotopic (exact) mass is 1060 g/mol. The molecule has 0 fully saturated rings. The van der Waals surface area contributed by atoms with Gasteiger partial charge in [-0.25, -0.2) is 4.79 Å². The first-order chi connectivity index (χ1) is 35.0. The van der Waals surface area contributed by atoms with Crippen molar-refractivity contribution in [3.8, 4) is 0 Å². The largest absolute Gasteiger partial charge is 0.481 e. The molecule has 0 aromatic heterocycles. The number of carboxylic acid groups (broad SMARTS) is 3. The Kier molecular flexibility index (Phi) is 28.9. The van der Waals surface area contributed by atoms with Gasteiger partial charge >= 0.3 is 17.9 Å². The minimum Gasteiger partial charge on any atom is -0.481 e. The summed E-state index contributed by atoms with van der Waals surface area (Å²) in [5, 5.41) is 48.0. The molecule has 1 rings (SSSR count). The van der Waals surface area contributed by atoms with Crippen molar-refractivity contribution in [1.82, 2.24) is 42.5 Å². The van der Waals surface area contributed by atoms with E-state index in [1.54, 1.807) is 71.9 Å². The number of carbonyl (C=O) groups excluding carboxylic acids is 10. The maximum absolute atomic E-state index is 14.3. The van der Waals surface area contributed by atoms with Crippen LogP contribution in [-0.2, 0) is 68.7 Å². The van der Waals surface area contributed by atoms with Crippen LogP contribution in [-0.4, -0.2) is 147 Å². The van der Waals surface area contributed by atoms with Gasteiger partial charge in [-0.2, -0.15) is 0 Å². The van der Waals surface area contributed by atoms with Gasteiger partial charge in [-0.05, 0) is 55.4 Å². The van der Waals surface area contributed by atoms with Crippen LogP contribution < -0.4 is 59.7 Å². The topological polar surface area (TPSA) is 457 Å². The second kappa shape index (κ2) is 33.2. The van der Waals surface area contributed by atoms with Crippen molar-refractivity contribution >= 4 is 77.0 Å². The fraction of sp³-hybridized carbons (Fsp3) is 0.604. The molecular formula is C48H75N11O16. The molecule has 0 aliphatic rings. The van der Waals surface area contributed by atoms with E-state index in [9.17, 15) is 77.6 Å². The Bertz CT molecular complexity index is 2180. The second-order valence-corrected chi connectivity index (χ2v) is 18.9. The van der Waals surface area contributed by atoms with Crippen molar-refractivity contribution in [1.29, 1.82) is 0 Å². The Hall–Kier alpha value is -7.71. The molecule has 0 spiro atoms. The van der Waals surface area contributed by atoms with Crippen LogP contribution in [0.3, 0.4) is 0 Å². The van der Waals surface area contributed by atoms with Crippen LogP contribution in [0.5, 0.6) is 0 Å². The molecule has 0 saturated heterocycles. The van der Waals surface area contributed by atoms with Crippen LogP contribution in [0.2, 0.25) is 0 Å². The van der Waals surface area contributed by atoms with E-state index in [1.165, 1.54) is 0 Å². The van der Waals surface area contributed by atoms with Crippen LogP contribution >= 0.6 is 0 Å². The SMILES string of the molecule is CC[C@H](C)[C@H](NC(=O)[C@H](Cc1ccccc1)NC(=O)[C@H](CC(=O)O)NC(=O)[C@H](CCC(=O)O)NC(=O)CNC(=O)[C@H](CC(C)C)NC(=O)[C@@H](N)CCC(N)=O)C(=O)N[C@@H](CCC(N)=O)C(=O)N[C@@H](CC(C)C)C(=O)O. The highest BCUT2D eigenvalue weighted by molar-refractivity contribution is 5.99. The normalized spacial score (nSPS) is 14.6. The standard InChI is InChI=1S/C48H75N11O16/c1-7-26(6)40(47(73)54-30(14-17-36(51)61)44(70)58-34(48(74)75)20-25(4)5)59-46(72)32(21-27-11-9-8-10-12-27)56-45(71)33(22-39(65)66)57-43(69)29(15-18-38(63)64)53-37(62)23-52-42(68)31(19-24(2)3)55-41(67)28(49)13-16-35(50)60/h8-12,24-26,28-34,40H,7,13-23,49H2,1-6H3,(H2,50,60)(H2,51,61)(H,52,68)(H,53,62)(H,54,73)(H,55,67)(H,56,71)(H,57,69)(H,58,70)(H,59,72)(H,63,64)(H,65,66)(H,74,75)/t26-,28-,29-,30-,31-,32-,33-,34-,40-/m0/s1. The van der Waals surface area contributed by atoms with Gasteiger partial charge in [0.15, 0.2) is 0 Å². The highest BCUT2D eigenvalue weighted by Crippen LogP contribution is 2.14. The zero-order valence-corrected chi connectivity index (χ0v) is 43.1. The highest BCUT2D eigenvalue weighted by atomic mass is 16.4. The number of nitrogens with two attached hydrogens (primary N) is 3. The van der Waals surface area contributed by atoms with E-state index in [2.05, 4.69) is 42.5 Å². The number of carboxylic acids is 3. The first kappa shape index (κ1) is 65.3. The van der Waals surface area contributed by atoms with E-state index < -0.39 is 163 Å². The highest BCUT2D eigenvalue weighted by Gasteiger charge is 2.36. The number of hydrogen-bond acceptors (Lipinski definition) is 14. The predicted octanol–water partition coefficient (Wildman–Crippen LogP) is -2.84. The van der Waals surface area contributed by atoms with E-state index in [4.69, 9.17) is 17.2 Å². The lowest BCUT2D eigenvalue weighted by Gasteiger charge is -2.29. The summed E-state index contributed by atoms with van der Waals surface area (Å²) in [7, 11) is 0. The Balaban J connectivity index is 3.48. The molecule has 0 radical (unpaired) electrons. The Morgan fingerprint density at radius 3 is 1.49 bits per heavy atom. The van der Waals surface area contributed by atoms with Crippen LogP contribution in [0, 0.1) is 17.8 Å². The molecule has 0 bridgehead atoms. The summed E-state index contributed by atoms with van der Waals surface area (Å²) < 4.78 is 0. The number of benzene rings is 1. The lowest BCUT2D eigenvalue weighted by molar-refractivity contribution is -0.143. The van der Waals surface area contributed by atoms with Gasteiger partial charge in [-0.3, -0.25) is 57.5 Å². The Labute approximate surface area is 434 Å². The summed E-state index contributed by atoms with van der Waals surface area (Å²) in [5.41, 5.74) is 16.7. The molecular weight excluding hydrogens is 987 g/mol. The zero-order chi connectivity index (χ0) is 57.1. The van der Waals surface area contributed by atoms with Crippen molar-refractivity contribution in [2.75, 3.05) is 6.54 Å². The van der Waals surface area contributed by atoms with Gasteiger partial charge in [0, 0.05) is 25.7 Å². The molecule has 0 aliphatic carbocycles. The summed E-state index contributed by atoms with van der Waals surface area (Å²) in [6, 6.07) is -3.95. The molecule has 10 amide bonds. The minimum absolute atomic E-state index is 0.0297. The molecule has 9 atom stereocenters. The maximum Gasteiger partial charge on any atom is 0.326 e. The number of primary amides is 2. The van der Waals surface area contributed by atoms with E-state index in [-0.39, 0.29) is 56.8 Å². The molecule has 0 unspecified atom stereocenters. The van der Waals surface area contributed by atoms with Gasteiger partial charge in [0.2, 0.25) is 59.1 Å². The summed E-state index contributed by atoms with van der Waals surface area (Å²) in [5.74, 6) is -14.9. The third-order valence-electron chi connectivity index (χ3n) is 11.5. The van der Waals surface area contributed by atoms with E-state index in [0.717, 1.165) is 0 Å². The minimum atomic E-state index is -1.98. The van der Waals surface area contributed by atoms with Crippen molar-refractivity contribution in [2.45, 2.75) is 161 Å².